The van der Waals surface area contributed by atoms with Gasteiger partial charge >= 0.3 is 0 Å². The van der Waals surface area contributed by atoms with Gasteiger partial charge in [0.2, 0.25) is 0 Å². The Labute approximate surface area is 95.9 Å². The number of rotatable bonds is 5. The molecule has 0 amide bonds. The number of fused-ring (bicyclic) bond motifs is 1. The van der Waals surface area contributed by atoms with Crippen molar-refractivity contribution in [1.29, 1.82) is 0 Å². The van der Waals surface area contributed by atoms with Crippen LogP contribution in [0.2, 0.25) is 0 Å². The van der Waals surface area contributed by atoms with Crippen LogP contribution in [0.1, 0.15) is 26.2 Å². The summed E-state index contributed by atoms with van der Waals surface area (Å²) in [6.45, 7) is 3.17. The largest absolute Gasteiger partial charge is 0.368 e. The molecule has 0 fully saturated rings. The maximum absolute atomic E-state index is 4.14. The van der Waals surface area contributed by atoms with Crippen molar-refractivity contribution in [1.82, 2.24) is 10.2 Å². The van der Waals surface area contributed by atoms with Gasteiger partial charge in [0.1, 0.15) is 0 Å². The number of nitrogens with one attached hydrogen (secondary N) is 1. The molecule has 3 heteroatoms. The van der Waals surface area contributed by atoms with Crippen molar-refractivity contribution >= 4 is 16.6 Å². The van der Waals surface area contributed by atoms with E-state index in [0.717, 1.165) is 23.1 Å². The minimum absolute atomic E-state index is 0.897. The molecule has 0 aliphatic rings. The Kier molecular flexibility index (Phi) is 3.70. The molecule has 3 nitrogen and oxygen atoms in total. The molecular weight excluding hydrogens is 198 g/mol. The maximum Gasteiger partial charge on any atom is 0.156 e. The van der Waals surface area contributed by atoms with Crippen LogP contribution in [0.3, 0.4) is 0 Å². The van der Waals surface area contributed by atoms with Crippen LogP contribution in [0.25, 0.3) is 10.8 Å². The van der Waals surface area contributed by atoms with E-state index in [1.54, 1.807) is 6.20 Å². The fourth-order valence-electron chi connectivity index (χ4n) is 1.74. The van der Waals surface area contributed by atoms with E-state index >= 15 is 0 Å². The molecule has 0 unspecified atom stereocenters. The Hall–Kier alpha value is -1.64. The normalized spacial score (nSPS) is 10.6. The summed E-state index contributed by atoms with van der Waals surface area (Å²) in [5, 5.41) is 13.8. The summed E-state index contributed by atoms with van der Waals surface area (Å²) in [4.78, 5) is 0. The summed E-state index contributed by atoms with van der Waals surface area (Å²) >= 11 is 0. The van der Waals surface area contributed by atoms with Gasteiger partial charge in [0.15, 0.2) is 5.82 Å². The van der Waals surface area contributed by atoms with E-state index in [2.05, 4.69) is 34.6 Å². The SMILES string of the molecule is CCCCCNc1nncc2ccccc12. The summed E-state index contributed by atoms with van der Waals surface area (Å²) in [7, 11) is 0. The second kappa shape index (κ2) is 5.45. The summed E-state index contributed by atoms with van der Waals surface area (Å²) in [5.74, 6) is 0.897. The minimum Gasteiger partial charge on any atom is -0.368 e. The molecule has 1 N–H and O–H groups in total. The molecule has 1 aromatic heterocycles. The van der Waals surface area contributed by atoms with Crippen molar-refractivity contribution in [2.45, 2.75) is 26.2 Å². The second-order valence-electron chi connectivity index (χ2n) is 3.91. The number of anilines is 1. The zero-order valence-corrected chi connectivity index (χ0v) is 9.61. The van der Waals surface area contributed by atoms with Gasteiger partial charge in [-0.2, -0.15) is 5.10 Å². The van der Waals surface area contributed by atoms with Gasteiger partial charge in [-0.25, -0.2) is 0 Å². The average molecular weight is 215 g/mol. The third-order valence-electron chi connectivity index (χ3n) is 2.64. The second-order valence-corrected chi connectivity index (χ2v) is 3.91. The molecular formula is C13H17N3. The van der Waals surface area contributed by atoms with Gasteiger partial charge < -0.3 is 5.32 Å². The monoisotopic (exact) mass is 215 g/mol. The van der Waals surface area contributed by atoms with Crippen molar-refractivity contribution in [2.24, 2.45) is 0 Å². The highest BCUT2D eigenvalue weighted by Gasteiger charge is 2.00. The first-order valence-electron chi connectivity index (χ1n) is 5.86. The molecule has 0 spiro atoms. The molecule has 84 valence electrons. The highest BCUT2D eigenvalue weighted by atomic mass is 15.2. The lowest BCUT2D eigenvalue weighted by molar-refractivity contribution is 0.741. The first-order valence-corrected chi connectivity index (χ1v) is 5.86. The molecule has 0 saturated heterocycles. The Morgan fingerprint density at radius 2 is 2.06 bits per heavy atom. The predicted molar refractivity (Wildman–Crippen MR) is 67.6 cm³/mol. The molecule has 0 aliphatic heterocycles. The molecule has 0 radical (unpaired) electrons. The van der Waals surface area contributed by atoms with Crippen LogP contribution in [-0.2, 0) is 0 Å². The Morgan fingerprint density at radius 1 is 1.19 bits per heavy atom. The molecule has 1 aromatic carbocycles. The van der Waals surface area contributed by atoms with E-state index in [-0.39, 0.29) is 0 Å². The van der Waals surface area contributed by atoms with Crippen LogP contribution in [0.4, 0.5) is 5.82 Å². The standard InChI is InChI=1S/C13H17N3/c1-2-3-6-9-14-13-12-8-5-4-7-11(12)10-15-16-13/h4-5,7-8,10H,2-3,6,9H2,1H3,(H,14,16). The fraction of sp³-hybridized carbons (Fsp3) is 0.385. The molecule has 0 bridgehead atoms. The van der Waals surface area contributed by atoms with Gasteiger partial charge in [-0.05, 0) is 6.42 Å². The molecule has 1 heterocycles. The van der Waals surface area contributed by atoms with Crippen molar-refractivity contribution in [3.63, 3.8) is 0 Å². The van der Waals surface area contributed by atoms with Crippen molar-refractivity contribution in [3.05, 3.63) is 30.5 Å². The van der Waals surface area contributed by atoms with Gasteiger partial charge in [0, 0.05) is 17.3 Å². The van der Waals surface area contributed by atoms with E-state index in [9.17, 15) is 0 Å². The van der Waals surface area contributed by atoms with Crippen molar-refractivity contribution in [2.75, 3.05) is 11.9 Å². The van der Waals surface area contributed by atoms with E-state index in [4.69, 9.17) is 0 Å². The van der Waals surface area contributed by atoms with Crippen LogP contribution in [0.15, 0.2) is 30.5 Å². The maximum atomic E-state index is 4.14. The Bertz CT molecular complexity index is 448. The molecule has 0 atom stereocenters. The van der Waals surface area contributed by atoms with Gasteiger partial charge in [-0.15, -0.1) is 5.10 Å². The van der Waals surface area contributed by atoms with Gasteiger partial charge in [0.05, 0.1) is 6.20 Å². The van der Waals surface area contributed by atoms with Crippen LogP contribution >= 0.6 is 0 Å². The van der Waals surface area contributed by atoms with Crippen LogP contribution < -0.4 is 5.32 Å². The van der Waals surface area contributed by atoms with Crippen molar-refractivity contribution < 1.29 is 0 Å². The fourth-order valence-corrected chi connectivity index (χ4v) is 1.74. The van der Waals surface area contributed by atoms with Gasteiger partial charge in [-0.1, -0.05) is 44.0 Å². The third-order valence-corrected chi connectivity index (χ3v) is 2.64. The van der Waals surface area contributed by atoms with E-state index in [1.807, 2.05) is 12.1 Å². The number of benzene rings is 1. The highest BCUT2D eigenvalue weighted by Crippen LogP contribution is 2.18. The van der Waals surface area contributed by atoms with E-state index in [0.29, 0.717) is 0 Å². The molecule has 2 aromatic rings. The van der Waals surface area contributed by atoms with E-state index < -0.39 is 0 Å². The quantitative estimate of drug-likeness (QED) is 0.778. The van der Waals surface area contributed by atoms with Crippen molar-refractivity contribution in [3.8, 4) is 0 Å². The zero-order valence-electron chi connectivity index (χ0n) is 9.61. The number of nitrogens with zero attached hydrogens (tertiary/aromatic N) is 2. The predicted octanol–water partition coefficient (Wildman–Crippen LogP) is 3.23. The minimum atomic E-state index is 0.897. The number of unbranched alkanes of at least 4 members (excludes halogenated alkanes) is 2. The Balaban J connectivity index is 2.11. The summed E-state index contributed by atoms with van der Waals surface area (Å²) in [6, 6.07) is 8.18. The van der Waals surface area contributed by atoms with Crippen LogP contribution in [0.5, 0.6) is 0 Å². The van der Waals surface area contributed by atoms with E-state index in [1.165, 1.54) is 19.3 Å². The molecule has 16 heavy (non-hydrogen) atoms. The Morgan fingerprint density at radius 3 is 2.94 bits per heavy atom. The lowest BCUT2D eigenvalue weighted by Crippen LogP contribution is -2.04. The molecule has 0 aliphatic carbocycles. The molecule has 0 saturated carbocycles. The zero-order chi connectivity index (χ0) is 11.2. The summed E-state index contributed by atoms with van der Waals surface area (Å²) in [5.41, 5.74) is 0. The van der Waals surface area contributed by atoms with Gasteiger partial charge in [0.25, 0.3) is 0 Å². The highest BCUT2D eigenvalue weighted by molar-refractivity contribution is 5.90. The smallest absolute Gasteiger partial charge is 0.156 e. The number of hydrogen-bond acceptors (Lipinski definition) is 3. The van der Waals surface area contributed by atoms with Gasteiger partial charge in [-0.3, -0.25) is 0 Å². The first-order chi connectivity index (χ1) is 7.92. The average Bonchev–Trinajstić information content (AvgIpc) is 2.35. The molecule has 2 rings (SSSR count). The number of aromatic nitrogens is 2. The first kappa shape index (κ1) is 10.9. The summed E-state index contributed by atoms with van der Waals surface area (Å²) in [6.07, 6.45) is 5.47. The third kappa shape index (κ3) is 2.48. The lowest BCUT2D eigenvalue weighted by atomic mass is 10.2. The number of hydrogen-bond donors (Lipinski definition) is 1. The van der Waals surface area contributed by atoms with Crippen LogP contribution in [-0.4, -0.2) is 16.7 Å². The van der Waals surface area contributed by atoms with Crippen LogP contribution in [0, 0.1) is 0 Å². The summed E-state index contributed by atoms with van der Waals surface area (Å²) < 4.78 is 0. The lowest BCUT2D eigenvalue weighted by Gasteiger charge is -2.06. The topological polar surface area (TPSA) is 37.8 Å².